The monoisotopic (exact) mass is 439 g/mol. The number of aryl methyl sites for hydroxylation is 1. The molecule has 0 aliphatic heterocycles. The molecule has 0 bridgehead atoms. The molecule has 4 N–H and O–H groups in total. The molecule has 0 aromatic heterocycles. The minimum Gasteiger partial charge on any atom is -0.370 e. The fourth-order valence-electron chi connectivity index (χ4n) is 2.91. The molecule has 162 valence electrons. The SMILES string of the molecule is CN=C(NCCCNSN)c1ccc(C(F)(F)F)cc1N(C=O)c1ccccc1C. The van der Waals surface area contributed by atoms with E-state index in [1.165, 1.54) is 18.0 Å². The third kappa shape index (κ3) is 5.97. The number of halogens is 3. The van der Waals surface area contributed by atoms with Crippen LogP contribution in [0.25, 0.3) is 0 Å². The second-order valence-electron chi connectivity index (χ2n) is 6.36. The van der Waals surface area contributed by atoms with Crippen LogP contribution < -0.4 is 20.1 Å². The van der Waals surface area contributed by atoms with Crippen molar-refractivity contribution in [2.75, 3.05) is 25.0 Å². The summed E-state index contributed by atoms with van der Waals surface area (Å²) < 4.78 is 43.0. The van der Waals surface area contributed by atoms with Crippen molar-refractivity contribution in [1.82, 2.24) is 10.0 Å². The molecule has 0 saturated carbocycles. The van der Waals surface area contributed by atoms with Crippen LogP contribution in [0.3, 0.4) is 0 Å². The second-order valence-corrected chi connectivity index (χ2v) is 6.88. The number of carbonyl (C=O) groups excluding carboxylic acids is 1. The summed E-state index contributed by atoms with van der Waals surface area (Å²) >= 11 is 1.01. The Morgan fingerprint density at radius 1 is 1.20 bits per heavy atom. The normalized spacial score (nSPS) is 12.0. The number of amidine groups is 1. The summed E-state index contributed by atoms with van der Waals surface area (Å²) in [6.45, 7) is 2.95. The van der Waals surface area contributed by atoms with Gasteiger partial charge >= 0.3 is 6.18 Å². The summed E-state index contributed by atoms with van der Waals surface area (Å²) in [5.41, 5.74) is 0.884. The molecule has 2 aromatic carbocycles. The van der Waals surface area contributed by atoms with Crippen molar-refractivity contribution in [1.29, 1.82) is 0 Å². The first-order valence-electron chi connectivity index (χ1n) is 9.14. The van der Waals surface area contributed by atoms with Gasteiger partial charge in [0.05, 0.1) is 16.9 Å². The van der Waals surface area contributed by atoms with Gasteiger partial charge in [-0.3, -0.25) is 24.5 Å². The molecule has 0 aliphatic rings. The van der Waals surface area contributed by atoms with Crippen molar-refractivity contribution in [2.24, 2.45) is 10.1 Å². The molecule has 10 heteroatoms. The number of nitrogens with one attached hydrogen (secondary N) is 2. The highest BCUT2D eigenvalue weighted by Gasteiger charge is 2.32. The topological polar surface area (TPSA) is 82.8 Å². The van der Waals surface area contributed by atoms with Gasteiger partial charge < -0.3 is 5.32 Å². The number of anilines is 2. The van der Waals surface area contributed by atoms with Crippen molar-refractivity contribution in [3.63, 3.8) is 0 Å². The maximum absolute atomic E-state index is 13.4. The number of rotatable bonds is 9. The van der Waals surface area contributed by atoms with Crippen LogP contribution in [0, 0.1) is 6.92 Å². The third-order valence-electron chi connectivity index (χ3n) is 4.38. The summed E-state index contributed by atoms with van der Waals surface area (Å²) in [5, 5.41) is 8.43. The number of nitrogens with zero attached hydrogens (tertiary/aromatic N) is 2. The second kappa shape index (κ2) is 11.0. The molecule has 2 aromatic rings. The van der Waals surface area contributed by atoms with Crippen LogP contribution in [-0.2, 0) is 11.0 Å². The lowest BCUT2D eigenvalue weighted by Gasteiger charge is -2.24. The number of amides is 1. The zero-order valence-electron chi connectivity index (χ0n) is 16.7. The molecule has 0 heterocycles. The van der Waals surface area contributed by atoms with E-state index < -0.39 is 11.7 Å². The number of para-hydroxylation sites is 1. The quantitative estimate of drug-likeness (QED) is 0.182. The van der Waals surface area contributed by atoms with Crippen LogP contribution in [0.4, 0.5) is 24.5 Å². The molecule has 2 rings (SSSR count). The van der Waals surface area contributed by atoms with Crippen LogP contribution >= 0.6 is 12.1 Å². The molecule has 0 atom stereocenters. The maximum Gasteiger partial charge on any atom is 0.416 e. The molecule has 0 saturated heterocycles. The minimum absolute atomic E-state index is 0.0952. The van der Waals surface area contributed by atoms with Crippen LogP contribution in [-0.4, -0.2) is 32.4 Å². The maximum atomic E-state index is 13.4. The van der Waals surface area contributed by atoms with Crippen LogP contribution in [0.2, 0.25) is 0 Å². The lowest BCUT2D eigenvalue weighted by molar-refractivity contribution is -0.137. The first-order chi connectivity index (χ1) is 14.3. The lowest BCUT2D eigenvalue weighted by Crippen LogP contribution is -2.30. The van der Waals surface area contributed by atoms with E-state index in [0.717, 1.165) is 29.8 Å². The molecule has 0 radical (unpaired) electrons. The van der Waals surface area contributed by atoms with Gasteiger partial charge in [0.25, 0.3) is 0 Å². The van der Waals surface area contributed by atoms with E-state index in [-0.39, 0.29) is 5.69 Å². The number of hydrogen-bond acceptors (Lipinski definition) is 5. The van der Waals surface area contributed by atoms with E-state index in [1.807, 2.05) is 0 Å². The Kier molecular flexibility index (Phi) is 8.70. The van der Waals surface area contributed by atoms with Gasteiger partial charge in [0.15, 0.2) is 0 Å². The van der Waals surface area contributed by atoms with Crippen molar-refractivity contribution in [3.8, 4) is 0 Å². The van der Waals surface area contributed by atoms with Crippen LogP contribution in [0.1, 0.15) is 23.1 Å². The van der Waals surface area contributed by atoms with Gasteiger partial charge in [-0.05, 0) is 43.2 Å². The van der Waals surface area contributed by atoms with Gasteiger partial charge in [0, 0.05) is 37.8 Å². The van der Waals surface area contributed by atoms with Gasteiger partial charge in [-0.25, -0.2) is 0 Å². The Balaban J connectivity index is 2.49. The molecule has 0 fully saturated rings. The number of aliphatic imine (C=N–C) groups is 1. The van der Waals surface area contributed by atoms with Gasteiger partial charge in [0.1, 0.15) is 5.84 Å². The Hall–Kier alpha value is -2.56. The average molecular weight is 440 g/mol. The number of carbonyl (C=O) groups is 1. The predicted molar refractivity (Wildman–Crippen MR) is 116 cm³/mol. The lowest BCUT2D eigenvalue weighted by atomic mass is 10.0. The predicted octanol–water partition coefficient (Wildman–Crippen LogP) is 3.78. The summed E-state index contributed by atoms with van der Waals surface area (Å²) in [6, 6.07) is 10.3. The standard InChI is InChI=1S/C20H24F3N5OS/c1-14-6-3-4-7-17(14)28(13-29)18-12-15(20(21,22)23)8-9-16(18)19(25-2)26-10-5-11-27-30-24/h3-4,6-9,12-13,27H,5,10-11,24H2,1-2H3,(H,25,26). The molecule has 0 spiro atoms. The molecular weight excluding hydrogens is 415 g/mol. The van der Waals surface area contributed by atoms with E-state index in [2.05, 4.69) is 15.0 Å². The molecular formula is C20H24F3N5OS. The highest BCUT2D eigenvalue weighted by molar-refractivity contribution is 7.95. The van der Waals surface area contributed by atoms with E-state index in [9.17, 15) is 18.0 Å². The first-order valence-corrected chi connectivity index (χ1v) is 10.0. The van der Waals surface area contributed by atoms with E-state index in [1.54, 1.807) is 31.2 Å². The van der Waals surface area contributed by atoms with Crippen LogP contribution in [0.15, 0.2) is 47.5 Å². The zero-order valence-corrected chi connectivity index (χ0v) is 17.5. The van der Waals surface area contributed by atoms with Gasteiger partial charge in [-0.2, -0.15) is 13.2 Å². The van der Waals surface area contributed by atoms with Crippen molar-refractivity contribution in [3.05, 3.63) is 59.2 Å². The largest absolute Gasteiger partial charge is 0.416 e. The summed E-state index contributed by atoms with van der Waals surface area (Å²) in [7, 11) is 1.54. The summed E-state index contributed by atoms with van der Waals surface area (Å²) in [5.74, 6) is 0.388. The molecule has 1 amide bonds. The highest BCUT2D eigenvalue weighted by Crippen LogP contribution is 2.36. The number of benzene rings is 2. The summed E-state index contributed by atoms with van der Waals surface area (Å²) in [6.07, 6.45) is -3.32. The van der Waals surface area contributed by atoms with Crippen molar-refractivity contribution >= 4 is 35.8 Å². The Morgan fingerprint density at radius 3 is 2.53 bits per heavy atom. The average Bonchev–Trinajstić information content (AvgIpc) is 2.72. The summed E-state index contributed by atoms with van der Waals surface area (Å²) in [4.78, 5) is 17.4. The van der Waals surface area contributed by atoms with Gasteiger partial charge in [-0.1, -0.05) is 18.2 Å². The van der Waals surface area contributed by atoms with Gasteiger partial charge in [0.2, 0.25) is 6.41 Å². The molecule has 6 nitrogen and oxygen atoms in total. The van der Waals surface area contributed by atoms with E-state index >= 15 is 0 Å². The van der Waals surface area contributed by atoms with Crippen molar-refractivity contribution in [2.45, 2.75) is 19.5 Å². The molecule has 30 heavy (non-hydrogen) atoms. The Labute approximate surface area is 178 Å². The Morgan fingerprint density at radius 2 is 1.93 bits per heavy atom. The van der Waals surface area contributed by atoms with E-state index in [4.69, 9.17) is 5.14 Å². The number of nitrogens with two attached hydrogens (primary N) is 1. The van der Waals surface area contributed by atoms with E-state index in [0.29, 0.717) is 43.0 Å². The smallest absolute Gasteiger partial charge is 0.370 e. The number of alkyl halides is 3. The van der Waals surface area contributed by atoms with Gasteiger partial charge in [-0.15, -0.1) is 0 Å². The Bertz CT molecular complexity index is 889. The third-order valence-corrected chi connectivity index (χ3v) is 4.75. The molecule has 0 unspecified atom stereocenters. The fourth-order valence-corrected chi connectivity index (χ4v) is 3.17. The number of hydrogen-bond donors (Lipinski definition) is 3. The van der Waals surface area contributed by atoms with Crippen molar-refractivity contribution < 1.29 is 18.0 Å². The first kappa shape index (κ1) is 23.7. The fraction of sp³-hybridized carbons (Fsp3) is 0.300. The minimum atomic E-state index is -4.55. The molecule has 0 aliphatic carbocycles. The zero-order chi connectivity index (χ0) is 22.1. The highest BCUT2D eigenvalue weighted by atomic mass is 32.2. The van der Waals surface area contributed by atoms with Crippen LogP contribution in [0.5, 0.6) is 0 Å².